The largest absolute Gasteiger partial charge is 0.497 e. The molecule has 4 heteroatoms. The molecule has 0 bridgehead atoms. The van der Waals surface area contributed by atoms with Crippen molar-refractivity contribution in [1.29, 1.82) is 0 Å². The fraction of sp³-hybridized carbons (Fsp3) is 0.368. The van der Waals surface area contributed by atoms with Crippen LogP contribution in [-0.4, -0.2) is 14.2 Å². The van der Waals surface area contributed by atoms with Gasteiger partial charge < -0.3 is 9.47 Å². The standard InChI is InChI=1S/C19H20N2O2/c1-22-14-7-4-13(5-8-14)18-16-10-6-12-3-9-15(23-2)11-17(12)19(16)21-20-18/h3-5,7-9,11,16,18-19H,6,10H2,1-2H3/t16-,18+,19?/m1/s1. The highest BCUT2D eigenvalue weighted by Gasteiger charge is 2.40. The molecule has 0 fully saturated rings. The lowest BCUT2D eigenvalue weighted by atomic mass is 9.76. The van der Waals surface area contributed by atoms with E-state index in [9.17, 15) is 0 Å². The quantitative estimate of drug-likeness (QED) is 0.837. The van der Waals surface area contributed by atoms with Crippen LogP contribution >= 0.6 is 0 Å². The second-order valence-corrected chi connectivity index (χ2v) is 6.16. The molecule has 1 aliphatic heterocycles. The van der Waals surface area contributed by atoms with E-state index < -0.39 is 0 Å². The average molecular weight is 308 g/mol. The van der Waals surface area contributed by atoms with Gasteiger partial charge in [0.2, 0.25) is 0 Å². The van der Waals surface area contributed by atoms with E-state index in [0.717, 1.165) is 24.3 Å². The van der Waals surface area contributed by atoms with E-state index in [0.29, 0.717) is 5.92 Å². The van der Waals surface area contributed by atoms with E-state index >= 15 is 0 Å². The van der Waals surface area contributed by atoms with Crippen LogP contribution in [0.15, 0.2) is 52.7 Å². The number of rotatable bonds is 3. The fourth-order valence-electron chi connectivity index (χ4n) is 3.74. The number of fused-ring (bicyclic) bond motifs is 3. The number of benzene rings is 2. The Kier molecular flexibility index (Phi) is 3.52. The monoisotopic (exact) mass is 308 g/mol. The van der Waals surface area contributed by atoms with Gasteiger partial charge in [-0.3, -0.25) is 0 Å². The molecule has 0 radical (unpaired) electrons. The van der Waals surface area contributed by atoms with E-state index in [-0.39, 0.29) is 12.1 Å². The highest BCUT2D eigenvalue weighted by molar-refractivity contribution is 5.41. The van der Waals surface area contributed by atoms with Crippen LogP contribution in [-0.2, 0) is 6.42 Å². The molecule has 2 aliphatic rings. The molecule has 0 saturated carbocycles. The molecule has 4 nitrogen and oxygen atoms in total. The molecule has 1 aliphatic carbocycles. The van der Waals surface area contributed by atoms with Crippen LogP contribution in [0.3, 0.4) is 0 Å². The first-order valence-electron chi connectivity index (χ1n) is 8.01. The third kappa shape index (κ3) is 2.38. The van der Waals surface area contributed by atoms with Crippen LogP contribution in [0.1, 0.15) is 35.2 Å². The van der Waals surface area contributed by atoms with Crippen LogP contribution in [0.25, 0.3) is 0 Å². The summed E-state index contributed by atoms with van der Waals surface area (Å²) in [7, 11) is 3.39. The molecule has 0 aromatic heterocycles. The van der Waals surface area contributed by atoms with Crippen molar-refractivity contribution in [3.8, 4) is 11.5 Å². The zero-order valence-corrected chi connectivity index (χ0v) is 13.4. The topological polar surface area (TPSA) is 43.2 Å². The SMILES string of the molecule is COc1ccc([C@@H]2N=NC3c4cc(OC)ccc4CC[C@@H]32)cc1. The van der Waals surface area contributed by atoms with Gasteiger partial charge in [-0.05, 0) is 53.8 Å². The van der Waals surface area contributed by atoms with Crippen molar-refractivity contribution in [2.24, 2.45) is 16.1 Å². The van der Waals surface area contributed by atoms with Crippen LogP contribution in [0.5, 0.6) is 11.5 Å². The zero-order chi connectivity index (χ0) is 15.8. The second-order valence-electron chi connectivity index (χ2n) is 6.16. The molecule has 2 aromatic carbocycles. The van der Waals surface area contributed by atoms with E-state index in [1.165, 1.54) is 16.7 Å². The number of hydrogen-bond donors (Lipinski definition) is 0. The highest BCUT2D eigenvalue weighted by atomic mass is 16.5. The van der Waals surface area contributed by atoms with Crippen LogP contribution < -0.4 is 9.47 Å². The summed E-state index contributed by atoms with van der Waals surface area (Å²) < 4.78 is 10.6. The Morgan fingerprint density at radius 1 is 0.870 bits per heavy atom. The smallest absolute Gasteiger partial charge is 0.119 e. The number of aryl methyl sites for hydroxylation is 1. The minimum absolute atomic E-state index is 0.144. The molecule has 0 amide bonds. The van der Waals surface area contributed by atoms with Crippen molar-refractivity contribution in [2.75, 3.05) is 14.2 Å². The van der Waals surface area contributed by atoms with Gasteiger partial charge in [0.05, 0.1) is 14.2 Å². The van der Waals surface area contributed by atoms with Gasteiger partial charge in [-0.1, -0.05) is 18.2 Å². The molecule has 118 valence electrons. The van der Waals surface area contributed by atoms with Crippen LogP contribution in [0, 0.1) is 5.92 Å². The van der Waals surface area contributed by atoms with E-state index in [1.54, 1.807) is 14.2 Å². The first-order valence-corrected chi connectivity index (χ1v) is 8.01. The van der Waals surface area contributed by atoms with E-state index in [4.69, 9.17) is 9.47 Å². The summed E-state index contributed by atoms with van der Waals surface area (Å²) in [6.07, 6.45) is 2.20. The number of hydrogen-bond acceptors (Lipinski definition) is 4. The lowest BCUT2D eigenvalue weighted by Gasteiger charge is -2.29. The van der Waals surface area contributed by atoms with Gasteiger partial charge in [0, 0.05) is 5.92 Å². The molecular weight excluding hydrogens is 288 g/mol. The molecule has 2 aromatic rings. The Labute approximate surface area is 136 Å². The third-order valence-corrected chi connectivity index (χ3v) is 5.00. The summed E-state index contributed by atoms with van der Waals surface area (Å²) in [5.74, 6) is 2.20. The minimum atomic E-state index is 0.144. The first-order chi connectivity index (χ1) is 11.3. The third-order valence-electron chi connectivity index (χ3n) is 5.00. The Bertz CT molecular complexity index is 740. The van der Waals surface area contributed by atoms with Gasteiger partial charge in [-0.15, -0.1) is 0 Å². The van der Waals surface area contributed by atoms with Crippen molar-refractivity contribution in [2.45, 2.75) is 24.9 Å². The van der Waals surface area contributed by atoms with E-state index in [1.807, 2.05) is 18.2 Å². The molecule has 1 heterocycles. The summed E-state index contributed by atoms with van der Waals surface area (Å²) in [4.78, 5) is 0. The van der Waals surface area contributed by atoms with Crippen molar-refractivity contribution < 1.29 is 9.47 Å². The van der Waals surface area contributed by atoms with Crippen molar-refractivity contribution in [3.63, 3.8) is 0 Å². The van der Waals surface area contributed by atoms with Gasteiger partial charge in [0.1, 0.15) is 23.6 Å². The van der Waals surface area contributed by atoms with Gasteiger partial charge in [-0.2, -0.15) is 10.2 Å². The summed E-state index contributed by atoms with van der Waals surface area (Å²) in [5.41, 5.74) is 3.87. The normalized spacial score (nSPS) is 24.9. The van der Waals surface area contributed by atoms with Gasteiger partial charge in [0.15, 0.2) is 0 Å². The summed E-state index contributed by atoms with van der Waals surface area (Å²) >= 11 is 0. The highest BCUT2D eigenvalue weighted by Crippen LogP contribution is 2.50. The Hall–Kier alpha value is -2.36. The molecule has 0 N–H and O–H groups in total. The molecule has 1 unspecified atom stereocenters. The second kappa shape index (κ2) is 5.69. The summed E-state index contributed by atoms with van der Waals surface area (Å²) in [6, 6.07) is 14.8. The van der Waals surface area contributed by atoms with Crippen molar-refractivity contribution in [1.82, 2.24) is 0 Å². The summed E-state index contributed by atoms with van der Waals surface area (Å²) in [5, 5.41) is 9.22. The van der Waals surface area contributed by atoms with Crippen molar-refractivity contribution >= 4 is 0 Å². The number of methoxy groups -OCH3 is 2. The van der Waals surface area contributed by atoms with Gasteiger partial charge in [0.25, 0.3) is 0 Å². The Balaban J connectivity index is 1.65. The predicted molar refractivity (Wildman–Crippen MR) is 88.1 cm³/mol. The zero-order valence-electron chi connectivity index (χ0n) is 13.4. The minimum Gasteiger partial charge on any atom is -0.497 e. The molecule has 4 rings (SSSR count). The van der Waals surface area contributed by atoms with Crippen molar-refractivity contribution in [3.05, 3.63) is 59.2 Å². The maximum Gasteiger partial charge on any atom is 0.119 e. The number of nitrogens with zero attached hydrogens (tertiary/aromatic N) is 2. The molecular formula is C19H20N2O2. The fourth-order valence-corrected chi connectivity index (χ4v) is 3.74. The Morgan fingerprint density at radius 2 is 1.57 bits per heavy atom. The molecule has 0 saturated heterocycles. The van der Waals surface area contributed by atoms with Gasteiger partial charge >= 0.3 is 0 Å². The van der Waals surface area contributed by atoms with Gasteiger partial charge in [-0.25, -0.2) is 0 Å². The predicted octanol–water partition coefficient (Wildman–Crippen LogP) is 4.51. The Morgan fingerprint density at radius 3 is 2.30 bits per heavy atom. The lowest BCUT2D eigenvalue weighted by molar-refractivity contribution is 0.368. The lowest BCUT2D eigenvalue weighted by Crippen LogP contribution is -2.20. The first kappa shape index (κ1) is 14.2. The average Bonchev–Trinajstić information content (AvgIpc) is 3.05. The van der Waals surface area contributed by atoms with E-state index in [2.05, 4.69) is 34.5 Å². The van der Waals surface area contributed by atoms with Crippen LogP contribution in [0.4, 0.5) is 0 Å². The maximum absolute atomic E-state index is 5.38. The molecule has 23 heavy (non-hydrogen) atoms. The summed E-state index contributed by atoms with van der Waals surface area (Å²) in [6.45, 7) is 0. The van der Waals surface area contributed by atoms with Crippen LogP contribution in [0.2, 0.25) is 0 Å². The molecule has 0 spiro atoms. The number of azo groups is 1. The maximum atomic E-state index is 5.38. The molecule has 3 atom stereocenters. The number of ether oxygens (including phenoxy) is 2.